The summed E-state index contributed by atoms with van der Waals surface area (Å²) in [6.45, 7) is 4.93. The summed E-state index contributed by atoms with van der Waals surface area (Å²) in [5, 5.41) is 0. The summed E-state index contributed by atoms with van der Waals surface area (Å²) >= 11 is 0. The zero-order valence-electron chi connectivity index (χ0n) is 14.4. The molecule has 0 saturated carbocycles. The average molecular weight is 386 g/mol. The lowest BCUT2D eigenvalue weighted by Crippen LogP contribution is -2.41. The lowest BCUT2D eigenvalue weighted by molar-refractivity contribution is -0.228. The molecule has 0 aliphatic heterocycles. The van der Waals surface area contributed by atoms with Crippen molar-refractivity contribution in [3.05, 3.63) is 65.2 Å². The number of halogens is 6. The van der Waals surface area contributed by atoms with Gasteiger partial charge >= 0.3 is 11.8 Å². The van der Waals surface area contributed by atoms with Crippen molar-refractivity contribution < 1.29 is 31.1 Å². The molecule has 2 aromatic rings. The fourth-order valence-corrected chi connectivity index (χ4v) is 3.27. The van der Waals surface area contributed by atoms with E-state index >= 15 is 0 Å². The Labute approximate surface area is 152 Å². The van der Waals surface area contributed by atoms with E-state index in [1.807, 2.05) is 0 Å². The second-order valence-electron chi connectivity index (χ2n) is 6.17. The van der Waals surface area contributed by atoms with Crippen LogP contribution in [0.3, 0.4) is 0 Å². The van der Waals surface area contributed by atoms with Gasteiger partial charge in [-0.15, -0.1) is 6.58 Å². The predicted octanol–water partition coefficient (Wildman–Crippen LogP) is 6.35. The topological polar surface area (TPSA) is 9.23 Å². The molecule has 0 saturated heterocycles. The summed E-state index contributed by atoms with van der Waals surface area (Å²) < 4.78 is 93.0. The lowest BCUT2D eigenvalue weighted by atomic mass is 9.78. The van der Waals surface area contributed by atoms with Crippen LogP contribution >= 0.6 is 0 Å². The minimum atomic E-state index is -4.94. The molecule has 1 aliphatic carbocycles. The molecule has 0 fully saturated rings. The molecule has 0 radical (unpaired) electrons. The first-order valence-electron chi connectivity index (χ1n) is 8.33. The van der Waals surface area contributed by atoms with Crippen molar-refractivity contribution in [1.82, 2.24) is 0 Å². The van der Waals surface area contributed by atoms with Gasteiger partial charge in [0, 0.05) is 0 Å². The van der Waals surface area contributed by atoms with Crippen LogP contribution in [0.1, 0.15) is 30.0 Å². The first kappa shape index (κ1) is 19.3. The fraction of sp³-hybridized carbons (Fsp3) is 0.300. The Balaban J connectivity index is 2.33. The van der Waals surface area contributed by atoms with Crippen LogP contribution in [-0.4, -0.2) is 6.61 Å². The minimum Gasteiger partial charge on any atom is -0.491 e. The molecule has 144 valence electrons. The lowest BCUT2D eigenvalue weighted by Gasteiger charge is -2.35. The third-order valence-corrected chi connectivity index (χ3v) is 4.56. The smallest absolute Gasteiger partial charge is 0.343 e. The highest BCUT2D eigenvalue weighted by molar-refractivity contribution is 5.77. The van der Waals surface area contributed by atoms with E-state index in [1.165, 1.54) is 19.1 Å². The Hall–Kier alpha value is -2.44. The van der Waals surface area contributed by atoms with Gasteiger partial charge in [-0.05, 0) is 48.6 Å². The van der Waals surface area contributed by atoms with Crippen LogP contribution in [0.4, 0.5) is 26.3 Å². The Morgan fingerprint density at radius 2 is 1.48 bits per heavy atom. The monoisotopic (exact) mass is 386 g/mol. The van der Waals surface area contributed by atoms with Crippen molar-refractivity contribution in [3.63, 3.8) is 0 Å². The van der Waals surface area contributed by atoms with Gasteiger partial charge in [-0.1, -0.05) is 18.2 Å². The molecular weight excluding hydrogens is 370 g/mol. The molecule has 1 aliphatic rings. The fourth-order valence-electron chi connectivity index (χ4n) is 3.27. The highest BCUT2D eigenvalue weighted by atomic mass is 19.3. The molecule has 2 aromatic carbocycles. The molecule has 0 N–H and O–H groups in total. The highest BCUT2D eigenvalue weighted by Gasteiger charge is 2.65. The minimum absolute atomic E-state index is 0.0322. The van der Waals surface area contributed by atoms with Crippen LogP contribution in [0.15, 0.2) is 36.9 Å². The van der Waals surface area contributed by atoms with Crippen molar-refractivity contribution in [2.75, 3.05) is 6.61 Å². The van der Waals surface area contributed by atoms with Crippen molar-refractivity contribution in [1.29, 1.82) is 0 Å². The maximum atomic E-state index is 14.7. The van der Waals surface area contributed by atoms with E-state index in [9.17, 15) is 26.3 Å². The number of rotatable bonds is 5. The van der Waals surface area contributed by atoms with Gasteiger partial charge in [-0.3, -0.25) is 0 Å². The normalized spacial score (nSPS) is 16.4. The van der Waals surface area contributed by atoms with Gasteiger partial charge in [-0.25, -0.2) is 8.78 Å². The van der Waals surface area contributed by atoms with E-state index in [0.717, 1.165) is 18.2 Å². The maximum absolute atomic E-state index is 14.7. The summed E-state index contributed by atoms with van der Waals surface area (Å²) in [5.41, 5.74) is -3.95. The van der Waals surface area contributed by atoms with Crippen LogP contribution in [0.2, 0.25) is 0 Å². The number of allylic oxidation sites excluding steroid dienone is 1. The molecule has 0 bridgehead atoms. The average Bonchev–Trinajstić information content (AvgIpc) is 2.60. The number of fused-ring (bicyclic) bond motifs is 3. The van der Waals surface area contributed by atoms with Crippen LogP contribution in [0, 0.1) is 11.6 Å². The van der Waals surface area contributed by atoms with Gasteiger partial charge in [0.1, 0.15) is 5.82 Å². The molecule has 0 spiro atoms. The number of aryl methyl sites for hydroxylation is 1. The van der Waals surface area contributed by atoms with Crippen molar-refractivity contribution in [3.8, 4) is 16.9 Å². The predicted molar refractivity (Wildman–Crippen MR) is 89.3 cm³/mol. The summed E-state index contributed by atoms with van der Waals surface area (Å²) in [7, 11) is 0. The van der Waals surface area contributed by atoms with E-state index < -0.39 is 51.5 Å². The third-order valence-electron chi connectivity index (χ3n) is 4.56. The van der Waals surface area contributed by atoms with Crippen LogP contribution < -0.4 is 4.74 Å². The van der Waals surface area contributed by atoms with Crippen LogP contribution in [0.5, 0.6) is 5.75 Å². The second kappa shape index (κ2) is 6.62. The standard InChI is InChI=1S/C20H16F6O/c1-3-5-6-11-7-8-12-13-9-10-14(27-4-2)18(22)16(13)20(25,26)19(23,24)15(12)17(11)21/h3,7-10H,1,4-6H2,2H3. The van der Waals surface area contributed by atoms with Gasteiger partial charge in [-0.2, -0.15) is 17.6 Å². The van der Waals surface area contributed by atoms with Crippen LogP contribution in [0.25, 0.3) is 11.1 Å². The molecule has 1 nitrogen and oxygen atoms in total. The summed E-state index contributed by atoms with van der Waals surface area (Å²) in [5.74, 6) is -13.4. The van der Waals surface area contributed by atoms with Crippen molar-refractivity contribution in [2.24, 2.45) is 0 Å². The quantitative estimate of drug-likeness (QED) is 0.430. The largest absolute Gasteiger partial charge is 0.491 e. The first-order valence-corrected chi connectivity index (χ1v) is 8.33. The van der Waals surface area contributed by atoms with E-state index in [1.54, 1.807) is 0 Å². The molecule has 3 rings (SSSR count). The highest BCUT2D eigenvalue weighted by Crippen LogP contribution is 2.60. The second-order valence-corrected chi connectivity index (χ2v) is 6.17. The van der Waals surface area contributed by atoms with Gasteiger partial charge in [0.25, 0.3) is 0 Å². The molecule has 0 aromatic heterocycles. The summed E-state index contributed by atoms with van der Waals surface area (Å²) in [4.78, 5) is 0. The summed E-state index contributed by atoms with van der Waals surface area (Å²) in [6, 6.07) is 4.49. The molecular formula is C20H16F6O. The van der Waals surface area contributed by atoms with Crippen molar-refractivity contribution >= 4 is 0 Å². The number of ether oxygens (including phenoxy) is 1. The number of hydrogen-bond donors (Lipinski definition) is 0. The molecule has 0 heterocycles. The molecule has 7 heteroatoms. The molecule has 27 heavy (non-hydrogen) atoms. The van der Waals surface area contributed by atoms with Gasteiger partial charge in [0.05, 0.1) is 17.7 Å². The first-order chi connectivity index (χ1) is 12.7. The van der Waals surface area contributed by atoms with E-state index in [0.29, 0.717) is 6.42 Å². The van der Waals surface area contributed by atoms with Gasteiger partial charge in [0.2, 0.25) is 0 Å². The Kier molecular flexibility index (Phi) is 4.74. The number of alkyl halides is 4. The van der Waals surface area contributed by atoms with Crippen LogP contribution in [-0.2, 0) is 18.3 Å². The molecule has 0 atom stereocenters. The number of benzene rings is 2. The van der Waals surface area contributed by atoms with Gasteiger partial charge < -0.3 is 4.74 Å². The summed E-state index contributed by atoms with van der Waals surface area (Å²) in [6.07, 6.45) is 1.79. The van der Waals surface area contributed by atoms with E-state index in [4.69, 9.17) is 4.74 Å². The Morgan fingerprint density at radius 1 is 0.926 bits per heavy atom. The third kappa shape index (κ3) is 2.71. The number of hydrogen-bond acceptors (Lipinski definition) is 1. The van der Waals surface area contributed by atoms with Crippen molar-refractivity contribution in [2.45, 2.75) is 31.6 Å². The SMILES string of the molecule is C=CCCc1ccc2c(c1F)C(F)(F)C(F)(F)c1c-2ccc(OCC)c1F. The zero-order chi connectivity index (χ0) is 20.0. The Morgan fingerprint density at radius 3 is 2.04 bits per heavy atom. The molecule has 0 amide bonds. The zero-order valence-corrected chi connectivity index (χ0v) is 14.4. The molecule has 0 unspecified atom stereocenters. The van der Waals surface area contributed by atoms with E-state index in [-0.39, 0.29) is 18.6 Å². The van der Waals surface area contributed by atoms with E-state index in [2.05, 4.69) is 6.58 Å². The van der Waals surface area contributed by atoms with Gasteiger partial charge in [0.15, 0.2) is 11.6 Å². The maximum Gasteiger partial charge on any atom is 0.343 e. The Bertz CT molecular complexity index is 904.